The van der Waals surface area contributed by atoms with Crippen LogP contribution in [0.2, 0.25) is 5.02 Å². The minimum absolute atomic E-state index is 0.0199. The second-order valence-electron chi connectivity index (χ2n) is 9.86. The van der Waals surface area contributed by atoms with E-state index in [2.05, 4.69) is 29.0 Å². The third-order valence-corrected chi connectivity index (χ3v) is 8.91. The zero-order valence-electron chi connectivity index (χ0n) is 21.1. The third kappa shape index (κ3) is 5.33. The molecule has 4 nitrogen and oxygen atoms in total. The van der Waals surface area contributed by atoms with Crippen LogP contribution in [0, 0.1) is 5.92 Å². The molecule has 0 spiro atoms. The zero-order valence-corrected chi connectivity index (χ0v) is 22.7. The van der Waals surface area contributed by atoms with Crippen molar-refractivity contribution in [2.75, 3.05) is 6.54 Å². The maximum atomic E-state index is 12.8. The highest BCUT2D eigenvalue weighted by Crippen LogP contribution is 2.41. The van der Waals surface area contributed by atoms with Crippen molar-refractivity contribution in [1.82, 2.24) is 4.72 Å². The van der Waals surface area contributed by atoms with Crippen LogP contribution in [-0.2, 0) is 15.6 Å². The Labute approximate surface area is 229 Å². The number of aliphatic hydroxyl groups is 1. The van der Waals surface area contributed by atoms with Gasteiger partial charge in [-0.25, -0.2) is 13.1 Å². The van der Waals surface area contributed by atoms with E-state index in [1.807, 2.05) is 67.6 Å². The number of sulfonamides is 1. The van der Waals surface area contributed by atoms with Gasteiger partial charge in [0, 0.05) is 11.6 Å². The summed E-state index contributed by atoms with van der Waals surface area (Å²) in [6.45, 7) is 2.25. The molecule has 194 valence electrons. The Balaban J connectivity index is 1.46. The summed E-state index contributed by atoms with van der Waals surface area (Å²) in [4.78, 5) is 0.178. The minimum Gasteiger partial charge on any atom is -0.380 e. The molecule has 2 N–H and O–H groups in total. The fourth-order valence-corrected chi connectivity index (χ4v) is 6.38. The monoisotopic (exact) mass is 543 g/mol. The van der Waals surface area contributed by atoms with Crippen LogP contribution in [-0.4, -0.2) is 20.1 Å². The van der Waals surface area contributed by atoms with Crippen LogP contribution in [0.3, 0.4) is 0 Å². The number of hydrogen-bond donors (Lipinski definition) is 2. The quantitative estimate of drug-likeness (QED) is 0.205. The van der Waals surface area contributed by atoms with Gasteiger partial charge < -0.3 is 5.11 Å². The summed E-state index contributed by atoms with van der Waals surface area (Å²) in [6.07, 6.45) is 1.03. The van der Waals surface area contributed by atoms with Crippen molar-refractivity contribution in [2.24, 2.45) is 5.92 Å². The average molecular weight is 544 g/mol. The number of rotatable bonds is 9. The van der Waals surface area contributed by atoms with Gasteiger partial charge >= 0.3 is 0 Å². The molecule has 0 heterocycles. The van der Waals surface area contributed by atoms with Crippen LogP contribution < -0.4 is 4.72 Å². The molecule has 5 aromatic carbocycles. The van der Waals surface area contributed by atoms with Crippen LogP contribution in [0.15, 0.2) is 114 Å². The first kappa shape index (κ1) is 26.4. The number of benzene rings is 5. The zero-order chi connectivity index (χ0) is 26.8. The second-order valence-corrected chi connectivity index (χ2v) is 12.1. The SMILES string of the molecule is C[C@@H](CCC(O)(c1cccc2ccccc12)c1cccc2ccccc12)CNS(=O)(=O)c1ccc(Cl)cc1. The van der Waals surface area contributed by atoms with Crippen LogP contribution in [0.4, 0.5) is 0 Å². The molecule has 0 amide bonds. The van der Waals surface area contributed by atoms with Crippen molar-refractivity contribution in [1.29, 1.82) is 0 Å². The molecule has 0 aliphatic rings. The molecule has 0 bridgehead atoms. The predicted octanol–water partition coefficient (Wildman–Crippen LogP) is 7.28. The Morgan fingerprint density at radius 2 is 1.26 bits per heavy atom. The lowest BCUT2D eigenvalue weighted by Gasteiger charge is -2.33. The van der Waals surface area contributed by atoms with E-state index in [4.69, 9.17) is 11.6 Å². The van der Waals surface area contributed by atoms with E-state index in [1.165, 1.54) is 12.1 Å². The van der Waals surface area contributed by atoms with Gasteiger partial charge in [-0.1, -0.05) is 103 Å². The second kappa shape index (κ2) is 10.9. The highest BCUT2D eigenvalue weighted by atomic mass is 35.5. The van der Waals surface area contributed by atoms with Crippen molar-refractivity contribution < 1.29 is 13.5 Å². The minimum atomic E-state index is -3.66. The molecular formula is C32H30ClNO3S. The molecular weight excluding hydrogens is 514 g/mol. The molecule has 5 rings (SSSR count). The maximum Gasteiger partial charge on any atom is 0.240 e. The van der Waals surface area contributed by atoms with Gasteiger partial charge in [-0.2, -0.15) is 0 Å². The normalized spacial score (nSPS) is 13.1. The first-order valence-corrected chi connectivity index (χ1v) is 14.6. The molecule has 0 fully saturated rings. The summed E-state index contributed by atoms with van der Waals surface area (Å²) >= 11 is 5.91. The topological polar surface area (TPSA) is 66.4 Å². The predicted molar refractivity (Wildman–Crippen MR) is 156 cm³/mol. The average Bonchev–Trinajstić information content (AvgIpc) is 2.94. The van der Waals surface area contributed by atoms with Crippen molar-refractivity contribution in [3.8, 4) is 0 Å². The Morgan fingerprint density at radius 3 is 1.82 bits per heavy atom. The summed E-state index contributed by atoms with van der Waals surface area (Å²) in [5.41, 5.74) is 0.423. The van der Waals surface area contributed by atoms with Crippen molar-refractivity contribution in [3.05, 3.63) is 125 Å². The lowest BCUT2D eigenvalue weighted by Crippen LogP contribution is -2.32. The standard InChI is InChI=1S/C32H30ClNO3S/c1-23(22-34-38(36,37)27-18-16-26(33)17-19-27)20-21-32(35,30-14-6-10-24-8-2-4-12-28(24)30)31-15-7-11-25-9-3-5-13-29(25)31/h2-19,23,34-35H,20-22H2,1H3/t23-/m0/s1. The maximum absolute atomic E-state index is 12.8. The van der Waals surface area contributed by atoms with Crippen LogP contribution in [0.25, 0.3) is 21.5 Å². The van der Waals surface area contributed by atoms with Gasteiger partial charge in [0.05, 0.1) is 4.90 Å². The molecule has 0 aromatic heterocycles. The summed E-state index contributed by atoms with van der Waals surface area (Å²) in [6, 6.07) is 34.4. The van der Waals surface area contributed by atoms with E-state index < -0.39 is 15.6 Å². The molecule has 1 atom stereocenters. The molecule has 0 aliphatic heterocycles. The molecule has 0 aliphatic carbocycles. The molecule has 0 unspecified atom stereocenters. The number of nitrogens with one attached hydrogen (secondary N) is 1. The molecule has 6 heteroatoms. The van der Waals surface area contributed by atoms with Crippen molar-refractivity contribution in [2.45, 2.75) is 30.3 Å². The number of hydrogen-bond acceptors (Lipinski definition) is 3. The van der Waals surface area contributed by atoms with Gasteiger partial charge in [0.15, 0.2) is 0 Å². The molecule has 0 radical (unpaired) electrons. The van der Waals surface area contributed by atoms with Gasteiger partial charge in [0.25, 0.3) is 0 Å². The smallest absolute Gasteiger partial charge is 0.240 e. The van der Waals surface area contributed by atoms with Gasteiger partial charge in [-0.3, -0.25) is 0 Å². The van der Waals surface area contributed by atoms with E-state index in [9.17, 15) is 13.5 Å². The highest BCUT2D eigenvalue weighted by Gasteiger charge is 2.34. The fourth-order valence-electron chi connectivity index (χ4n) is 5.09. The lowest BCUT2D eigenvalue weighted by atomic mass is 9.77. The van der Waals surface area contributed by atoms with Crippen molar-refractivity contribution in [3.63, 3.8) is 0 Å². The Bertz CT molecular complexity index is 1590. The molecule has 5 aromatic rings. The summed E-state index contributed by atoms with van der Waals surface area (Å²) in [7, 11) is -3.66. The van der Waals surface area contributed by atoms with Gasteiger partial charge in [-0.05, 0) is 75.7 Å². The summed E-state index contributed by atoms with van der Waals surface area (Å²) in [5, 5.41) is 17.2. The highest BCUT2D eigenvalue weighted by molar-refractivity contribution is 7.89. The molecule has 38 heavy (non-hydrogen) atoms. The number of fused-ring (bicyclic) bond motifs is 2. The van der Waals surface area contributed by atoms with E-state index in [0.717, 1.165) is 32.7 Å². The van der Waals surface area contributed by atoms with Gasteiger partial charge in [0.1, 0.15) is 5.60 Å². The van der Waals surface area contributed by atoms with Crippen LogP contribution in [0.5, 0.6) is 0 Å². The van der Waals surface area contributed by atoms with E-state index >= 15 is 0 Å². The summed E-state index contributed by atoms with van der Waals surface area (Å²) < 4.78 is 28.3. The number of halogens is 1. The Morgan fingerprint density at radius 1 is 0.763 bits per heavy atom. The van der Waals surface area contributed by atoms with Crippen LogP contribution >= 0.6 is 11.6 Å². The lowest BCUT2D eigenvalue weighted by molar-refractivity contribution is 0.0673. The Kier molecular flexibility index (Phi) is 7.55. The largest absolute Gasteiger partial charge is 0.380 e. The summed E-state index contributed by atoms with van der Waals surface area (Å²) in [5.74, 6) is -0.0199. The Hall–Kier alpha value is -3.22. The first-order valence-electron chi connectivity index (χ1n) is 12.7. The molecule has 0 saturated heterocycles. The van der Waals surface area contributed by atoms with E-state index in [1.54, 1.807) is 12.1 Å². The van der Waals surface area contributed by atoms with E-state index in [0.29, 0.717) is 17.9 Å². The molecule has 0 saturated carbocycles. The van der Waals surface area contributed by atoms with E-state index in [-0.39, 0.29) is 17.4 Å². The van der Waals surface area contributed by atoms with Crippen molar-refractivity contribution >= 4 is 43.2 Å². The van der Waals surface area contributed by atoms with Crippen LogP contribution in [0.1, 0.15) is 30.9 Å². The van der Waals surface area contributed by atoms with Gasteiger partial charge in [0.2, 0.25) is 10.0 Å². The van der Waals surface area contributed by atoms with Gasteiger partial charge in [-0.15, -0.1) is 0 Å². The first-order chi connectivity index (χ1) is 18.3. The fraction of sp³-hybridized carbons (Fsp3) is 0.188. The third-order valence-electron chi connectivity index (χ3n) is 7.22.